The minimum absolute atomic E-state index is 0.0950. The van der Waals surface area contributed by atoms with Crippen LogP contribution in [0.4, 0.5) is 5.82 Å². The highest BCUT2D eigenvalue weighted by Gasteiger charge is 2.26. The Hall–Kier alpha value is -2.30. The second kappa shape index (κ2) is 4.42. The molecule has 0 saturated heterocycles. The molecule has 0 atom stereocenters. The predicted molar refractivity (Wildman–Crippen MR) is 72.1 cm³/mol. The van der Waals surface area contributed by atoms with E-state index in [2.05, 4.69) is 9.97 Å². The topological polar surface area (TPSA) is 81.3 Å². The third-order valence-corrected chi connectivity index (χ3v) is 3.20. The maximum atomic E-state index is 9.60. The van der Waals surface area contributed by atoms with E-state index in [4.69, 9.17) is 10.5 Å². The van der Waals surface area contributed by atoms with Gasteiger partial charge in [0.1, 0.15) is 5.82 Å². The molecule has 19 heavy (non-hydrogen) atoms. The lowest BCUT2D eigenvalue weighted by atomic mass is 10.1. The first-order valence-corrected chi connectivity index (χ1v) is 6.19. The average Bonchev–Trinajstić information content (AvgIpc) is 3.23. The zero-order chi connectivity index (χ0) is 13.4. The monoisotopic (exact) mass is 257 g/mol. The molecule has 5 nitrogen and oxygen atoms in total. The highest BCUT2D eigenvalue weighted by Crippen LogP contribution is 2.40. The molecule has 98 valence electrons. The Labute approximate surface area is 111 Å². The summed E-state index contributed by atoms with van der Waals surface area (Å²) in [6.07, 6.45) is 2.32. The Morgan fingerprint density at radius 2 is 2.05 bits per heavy atom. The van der Waals surface area contributed by atoms with E-state index in [1.807, 2.05) is 6.07 Å². The number of nitrogen functional groups attached to an aromatic ring is 1. The lowest BCUT2D eigenvalue weighted by Crippen LogP contribution is -1.99. The van der Waals surface area contributed by atoms with Crippen LogP contribution >= 0.6 is 0 Å². The van der Waals surface area contributed by atoms with Gasteiger partial charge in [-0.2, -0.15) is 0 Å². The van der Waals surface area contributed by atoms with Gasteiger partial charge in [0.2, 0.25) is 0 Å². The van der Waals surface area contributed by atoms with Gasteiger partial charge in [-0.25, -0.2) is 9.97 Å². The second-order valence-electron chi connectivity index (χ2n) is 4.70. The van der Waals surface area contributed by atoms with Crippen LogP contribution in [0.3, 0.4) is 0 Å². The largest absolute Gasteiger partial charge is 0.504 e. The number of methoxy groups -OCH3 is 1. The van der Waals surface area contributed by atoms with Crippen molar-refractivity contribution >= 4 is 5.82 Å². The van der Waals surface area contributed by atoms with Gasteiger partial charge in [-0.15, -0.1) is 0 Å². The number of anilines is 1. The van der Waals surface area contributed by atoms with Gasteiger partial charge in [-0.1, -0.05) is 0 Å². The zero-order valence-electron chi connectivity index (χ0n) is 10.6. The van der Waals surface area contributed by atoms with Crippen LogP contribution in [-0.2, 0) is 0 Å². The van der Waals surface area contributed by atoms with Gasteiger partial charge in [-0.05, 0) is 31.0 Å². The van der Waals surface area contributed by atoms with Gasteiger partial charge in [0.05, 0.1) is 7.11 Å². The van der Waals surface area contributed by atoms with E-state index >= 15 is 0 Å². The van der Waals surface area contributed by atoms with E-state index in [0.29, 0.717) is 23.3 Å². The van der Waals surface area contributed by atoms with E-state index in [1.54, 1.807) is 18.2 Å². The molecule has 0 amide bonds. The first kappa shape index (κ1) is 11.8. The summed E-state index contributed by atoms with van der Waals surface area (Å²) in [5.41, 5.74) is 7.61. The average molecular weight is 257 g/mol. The minimum Gasteiger partial charge on any atom is -0.504 e. The number of nitrogens with zero attached hydrogens (tertiary/aromatic N) is 2. The van der Waals surface area contributed by atoms with Crippen LogP contribution in [0.2, 0.25) is 0 Å². The normalized spacial score (nSPS) is 14.4. The van der Waals surface area contributed by atoms with Crippen LogP contribution in [0.15, 0.2) is 24.3 Å². The molecule has 3 N–H and O–H groups in total. The van der Waals surface area contributed by atoms with E-state index in [-0.39, 0.29) is 5.75 Å². The molecule has 1 saturated carbocycles. The molecular weight excluding hydrogens is 242 g/mol. The van der Waals surface area contributed by atoms with Crippen LogP contribution in [0.5, 0.6) is 11.5 Å². The van der Waals surface area contributed by atoms with E-state index in [9.17, 15) is 5.11 Å². The molecule has 0 spiro atoms. The lowest BCUT2D eigenvalue weighted by molar-refractivity contribution is 0.373. The van der Waals surface area contributed by atoms with Gasteiger partial charge in [0.25, 0.3) is 0 Å². The maximum Gasteiger partial charge on any atom is 0.161 e. The molecule has 1 aromatic heterocycles. The summed E-state index contributed by atoms with van der Waals surface area (Å²) < 4.78 is 5.09. The molecule has 1 heterocycles. The fourth-order valence-electron chi connectivity index (χ4n) is 2.02. The Morgan fingerprint density at radius 3 is 2.74 bits per heavy atom. The van der Waals surface area contributed by atoms with Crippen molar-refractivity contribution in [2.75, 3.05) is 12.8 Å². The van der Waals surface area contributed by atoms with Crippen molar-refractivity contribution < 1.29 is 9.84 Å². The van der Waals surface area contributed by atoms with Gasteiger partial charge in [-0.3, -0.25) is 0 Å². The molecule has 1 aliphatic rings. The number of benzene rings is 1. The smallest absolute Gasteiger partial charge is 0.161 e. The summed E-state index contributed by atoms with van der Waals surface area (Å²) in [7, 11) is 1.51. The molecule has 0 aliphatic heterocycles. The first-order chi connectivity index (χ1) is 9.17. The third-order valence-electron chi connectivity index (χ3n) is 3.20. The number of aromatic hydroxyl groups is 1. The zero-order valence-corrected chi connectivity index (χ0v) is 10.6. The van der Waals surface area contributed by atoms with Gasteiger partial charge in [0.15, 0.2) is 17.3 Å². The lowest BCUT2D eigenvalue weighted by Gasteiger charge is -2.08. The Kier molecular flexibility index (Phi) is 2.74. The summed E-state index contributed by atoms with van der Waals surface area (Å²) in [4.78, 5) is 8.79. The highest BCUT2D eigenvalue weighted by atomic mass is 16.5. The number of nitrogens with two attached hydrogens (primary N) is 1. The van der Waals surface area contributed by atoms with Crippen molar-refractivity contribution in [2.45, 2.75) is 18.8 Å². The molecule has 0 bridgehead atoms. The highest BCUT2D eigenvalue weighted by molar-refractivity contribution is 5.62. The molecule has 1 aromatic carbocycles. The Balaban J connectivity index is 2.05. The van der Waals surface area contributed by atoms with E-state index in [1.165, 1.54) is 7.11 Å². The van der Waals surface area contributed by atoms with Crippen LogP contribution in [0.1, 0.15) is 24.5 Å². The molecule has 3 rings (SSSR count). The Bertz CT molecular complexity index is 624. The molecule has 1 fully saturated rings. The molecular formula is C14H15N3O2. The first-order valence-electron chi connectivity index (χ1n) is 6.19. The minimum atomic E-state index is 0.0950. The van der Waals surface area contributed by atoms with Crippen molar-refractivity contribution in [1.29, 1.82) is 0 Å². The number of hydrogen-bond donors (Lipinski definition) is 2. The molecule has 0 unspecified atom stereocenters. The number of ether oxygens (including phenoxy) is 1. The van der Waals surface area contributed by atoms with E-state index in [0.717, 1.165) is 24.1 Å². The third kappa shape index (κ3) is 2.31. The SMILES string of the molecule is COc1cc(-c2nc(N)cc(C3CC3)n2)ccc1O. The summed E-state index contributed by atoms with van der Waals surface area (Å²) in [5.74, 6) is 2.05. The number of rotatable bonds is 3. The van der Waals surface area contributed by atoms with Crippen LogP contribution in [0.25, 0.3) is 11.4 Å². The molecule has 0 radical (unpaired) electrons. The summed E-state index contributed by atoms with van der Waals surface area (Å²) >= 11 is 0. The number of phenolic OH excluding ortho intramolecular Hbond substituents is 1. The van der Waals surface area contributed by atoms with Crippen molar-refractivity contribution in [3.63, 3.8) is 0 Å². The fraction of sp³-hybridized carbons (Fsp3) is 0.286. The predicted octanol–water partition coefficient (Wildman–Crippen LogP) is 2.32. The van der Waals surface area contributed by atoms with E-state index < -0.39 is 0 Å². The van der Waals surface area contributed by atoms with Crippen molar-refractivity contribution in [3.05, 3.63) is 30.0 Å². The van der Waals surface area contributed by atoms with Gasteiger partial charge >= 0.3 is 0 Å². The molecule has 2 aromatic rings. The number of aromatic nitrogens is 2. The van der Waals surface area contributed by atoms with Gasteiger partial charge < -0.3 is 15.6 Å². The van der Waals surface area contributed by atoms with Crippen LogP contribution < -0.4 is 10.5 Å². The Morgan fingerprint density at radius 1 is 1.26 bits per heavy atom. The summed E-state index contributed by atoms with van der Waals surface area (Å²) in [6, 6.07) is 6.86. The maximum absolute atomic E-state index is 9.60. The van der Waals surface area contributed by atoms with Crippen molar-refractivity contribution in [1.82, 2.24) is 9.97 Å². The van der Waals surface area contributed by atoms with Crippen molar-refractivity contribution in [2.24, 2.45) is 0 Å². The van der Waals surface area contributed by atoms with Gasteiger partial charge in [0, 0.05) is 23.2 Å². The van der Waals surface area contributed by atoms with Crippen LogP contribution in [-0.4, -0.2) is 22.2 Å². The fourth-order valence-corrected chi connectivity index (χ4v) is 2.02. The summed E-state index contributed by atoms with van der Waals surface area (Å²) in [6.45, 7) is 0. The number of hydrogen-bond acceptors (Lipinski definition) is 5. The van der Waals surface area contributed by atoms with Crippen LogP contribution in [0, 0.1) is 0 Å². The second-order valence-corrected chi connectivity index (χ2v) is 4.70. The molecule has 1 aliphatic carbocycles. The number of phenols is 1. The quantitative estimate of drug-likeness (QED) is 0.881. The standard InChI is InChI=1S/C14H15N3O2/c1-19-12-6-9(4-5-11(12)18)14-16-10(8-2-3-8)7-13(15)17-14/h4-8,18H,2-3H2,1H3,(H2,15,16,17). The molecule has 5 heteroatoms. The summed E-state index contributed by atoms with van der Waals surface area (Å²) in [5, 5.41) is 9.60. The van der Waals surface area contributed by atoms with Crippen molar-refractivity contribution in [3.8, 4) is 22.9 Å².